The molecule has 1 saturated carbocycles. The van der Waals surface area contributed by atoms with E-state index in [1.807, 2.05) is 7.05 Å². The molecule has 118 valence electrons. The predicted molar refractivity (Wildman–Crippen MR) is 80.8 cm³/mol. The number of anilines is 1. The van der Waals surface area contributed by atoms with E-state index in [2.05, 4.69) is 10.2 Å². The molecule has 0 unspecified atom stereocenters. The van der Waals surface area contributed by atoms with Crippen LogP contribution in [0.1, 0.15) is 12.8 Å². The molecule has 2 amide bonds. The van der Waals surface area contributed by atoms with Crippen molar-refractivity contribution < 1.29 is 14.0 Å². The van der Waals surface area contributed by atoms with Gasteiger partial charge in [0.05, 0.1) is 5.69 Å². The van der Waals surface area contributed by atoms with E-state index in [1.54, 1.807) is 17.0 Å². The Morgan fingerprint density at radius 2 is 1.77 bits per heavy atom. The Kier molecular flexibility index (Phi) is 3.87. The van der Waals surface area contributed by atoms with Crippen molar-refractivity contribution in [2.75, 3.05) is 38.5 Å². The van der Waals surface area contributed by atoms with Gasteiger partial charge in [-0.3, -0.25) is 9.59 Å². The second kappa shape index (κ2) is 5.68. The number of para-hydroxylation sites is 1. The highest BCUT2D eigenvalue weighted by atomic mass is 19.1. The van der Waals surface area contributed by atoms with Crippen LogP contribution in [-0.2, 0) is 9.59 Å². The molecule has 1 N–H and O–H groups in total. The van der Waals surface area contributed by atoms with Crippen molar-refractivity contribution in [2.24, 2.45) is 5.41 Å². The maximum Gasteiger partial charge on any atom is 0.240 e. The average Bonchev–Trinajstić information content (AvgIpc) is 3.31. The van der Waals surface area contributed by atoms with E-state index in [-0.39, 0.29) is 17.5 Å². The summed E-state index contributed by atoms with van der Waals surface area (Å²) in [5, 5.41) is 2.57. The highest BCUT2D eigenvalue weighted by Crippen LogP contribution is 2.48. The normalized spacial score (nSPS) is 20.5. The standard InChI is InChI=1S/C16H20FN3O2/c1-19-8-10-20(11-9-19)15(22)16(6-7-16)14(21)18-13-5-3-2-4-12(13)17/h2-5H,6-11H2,1H3,(H,18,21). The number of benzene rings is 1. The van der Waals surface area contributed by atoms with Crippen molar-refractivity contribution in [3.63, 3.8) is 0 Å². The molecule has 3 rings (SSSR count). The highest BCUT2D eigenvalue weighted by Gasteiger charge is 2.58. The monoisotopic (exact) mass is 305 g/mol. The van der Waals surface area contributed by atoms with Gasteiger partial charge in [-0.25, -0.2) is 4.39 Å². The summed E-state index contributed by atoms with van der Waals surface area (Å²) in [7, 11) is 2.01. The predicted octanol–water partition coefficient (Wildman–Crippen LogP) is 1.32. The minimum absolute atomic E-state index is 0.116. The summed E-state index contributed by atoms with van der Waals surface area (Å²) in [5.41, 5.74) is -0.858. The first-order valence-electron chi connectivity index (χ1n) is 7.57. The van der Waals surface area contributed by atoms with Crippen molar-refractivity contribution in [1.29, 1.82) is 0 Å². The number of carbonyl (C=O) groups is 2. The lowest BCUT2D eigenvalue weighted by Gasteiger charge is -2.34. The molecule has 1 heterocycles. The fraction of sp³-hybridized carbons (Fsp3) is 0.500. The third kappa shape index (κ3) is 2.70. The number of likely N-dealkylation sites (N-methyl/N-ethyl adjacent to an activating group) is 1. The molecule has 1 aromatic carbocycles. The molecule has 6 heteroatoms. The van der Waals surface area contributed by atoms with Crippen molar-refractivity contribution in [3.8, 4) is 0 Å². The number of halogens is 1. The van der Waals surface area contributed by atoms with Crippen molar-refractivity contribution in [1.82, 2.24) is 9.80 Å². The number of hydrogen-bond donors (Lipinski definition) is 1. The summed E-state index contributed by atoms with van der Waals surface area (Å²) >= 11 is 0. The Balaban J connectivity index is 1.69. The number of nitrogens with one attached hydrogen (secondary N) is 1. The number of hydrogen-bond acceptors (Lipinski definition) is 3. The van der Waals surface area contributed by atoms with Crippen LogP contribution in [0.15, 0.2) is 24.3 Å². The van der Waals surface area contributed by atoms with Crippen LogP contribution in [0.3, 0.4) is 0 Å². The fourth-order valence-electron chi connectivity index (χ4n) is 2.78. The van der Waals surface area contributed by atoms with Gasteiger partial charge >= 0.3 is 0 Å². The summed E-state index contributed by atoms with van der Waals surface area (Å²) in [6.45, 7) is 2.92. The van der Waals surface area contributed by atoms with Gasteiger partial charge in [0.25, 0.3) is 0 Å². The molecule has 0 spiro atoms. The molecule has 1 saturated heterocycles. The second-order valence-electron chi connectivity index (χ2n) is 6.11. The van der Waals surface area contributed by atoms with Gasteiger partial charge in [-0.2, -0.15) is 0 Å². The summed E-state index contributed by atoms with van der Waals surface area (Å²) < 4.78 is 13.6. The molecule has 1 aromatic rings. The fourth-order valence-corrected chi connectivity index (χ4v) is 2.78. The second-order valence-corrected chi connectivity index (χ2v) is 6.11. The first-order valence-corrected chi connectivity index (χ1v) is 7.57. The van der Waals surface area contributed by atoms with Gasteiger partial charge in [0.1, 0.15) is 11.2 Å². The zero-order valence-electron chi connectivity index (χ0n) is 12.6. The largest absolute Gasteiger partial charge is 0.339 e. The molecule has 1 aliphatic heterocycles. The van der Waals surface area contributed by atoms with Crippen LogP contribution in [-0.4, -0.2) is 54.8 Å². The van der Waals surface area contributed by atoms with Crippen LogP contribution in [0.2, 0.25) is 0 Å². The van der Waals surface area contributed by atoms with E-state index in [0.717, 1.165) is 13.1 Å². The Morgan fingerprint density at radius 1 is 1.14 bits per heavy atom. The third-order valence-corrected chi connectivity index (χ3v) is 4.51. The number of rotatable bonds is 3. The topological polar surface area (TPSA) is 52.7 Å². The smallest absolute Gasteiger partial charge is 0.240 e. The molecule has 2 fully saturated rings. The van der Waals surface area contributed by atoms with Crippen LogP contribution in [0.25, 0.3) is 0 Å². The van der Waals surface area contributed by atoms with E-state index in [4.69, 9.17) is 0 Å². The van der Waals surface area contributed by atoms with E-state index < -0.39 is 11.2 Å². The lowest BCUT2D eigenvalue weighted by molar-refractivity contribution is -0.143. The van der Waals surface area contributed by atoms with Gasteiger partial charge in [0.2, 0.25) is 11.8 Å². The minimum Gasteiger partial charge on any atom is -0.339 e. The summed E-state index contributed by atoms with van der Waals surface area (Å²) in [6.07, 6.45) is 1.08. The number of carbonyl (C=O) groups excluding carboxylic acids is 2. The van der Waals surface area contributed by atoms with Gasteiger partial charge in [0.15, 0.2) is 0 Å². The van der Waals surface area contributed by atoms with Crippen molar-refractivity contribution in [2.45, 2.75) is 12.8 Å². The van der Waals surface area contributed by atoms with Crippen molar-refractivity contribution in [3.05, 3.63) is 30.1 Å². The highest BCUT2D eigenvalue weighted by molar-refractivity contribution is 6.13. The van der Waals surface area contributed by atoms with Crippen LogP contribution >= 0.6 is 0 Å². The van der Waals surface area contributed by atoms with E-state index in [0.29, 0.717) is 25.9 Å². The molecule has 0 bridgehead atoms. The van der Waals surface area contributed by atoms with Gasteiger partial charge in [-0.15, -0.1) is 0 Å². The molecule has 1 aliphatic carbocycles. The lowest BCUT2D eigenvalue weighted by atomic mass is 10.0. The Morgan fingerprint density at radius 3 is 2.36 bits per heavy atom. The summed E-state index contributed by atoms with van der Waals surface area (Å²) in [5.74, 6) is -0.991. The number of piperazine rings is 1. The molecule has 2 aliphatic rings. The first kappa shape index (κ1) is 15.0. The maximum absolute atomic E-state index is 13.6. The molecule has 5 nitrogen and oxygen atoms in total. The summed E-state index contributed by atoms with van der Waals surface area (Å²) in [6, 6.07) is 6.01. The van der Waals surface area contributed by atoms with Gasteiger partial charge in [-0.05, 0) is 32.0 Å². The van der Waals surface area contributed by atoms with Crippen LogP contribution in [0, 0.1) is 11.2 Å². The molecule has 0 radical (unpaired) electrons. The van der Waals surface area contributed by atoms with Crippen molar-refractivity contribution >= 4 is 17.5 Å². The summed E-state index contributed by atoms with van der Waals surface area (Å²) in [4.78, 5) is 29.0. The van der Waals surface area contributed by atoms with Crippen LogP contribution < -0.4 is 5.32 Å². The average molecular weight is 305 g/mol. The van der Waals surface area contributed by atoms with Gasteiger partial charge in [-0.1, -0.05) is 12.1 Å². The Labute approximate surface area is 129 Å². The Hall–Kier alpha value is -1.95. The van der Waals surface area contributed by atoms with E-state index >= 15 is 0 Å². The quantitative estimate of drug-likeness (QED) is 0.857. The molecule has 22 heavy (non-hydrogen) atoms. The third-order valence-electron chi connectivity index (χ3n) is 4.51. The molecular formula is C16H20FN3O2. The van der Waals surface area contributed by atoms with Gasteiger partial charge < -0.3 is 15.1 Å². The van der Waals surface area contributed by atoms with Crippen LogP contribution in [0.4, 0.5) is 10.1 Å². The molecular weight excluding hydrogens is 285 g/mol. The van der Waals surface area contributed by atoms with E-state index in [1.165, 1.54) is 12.1 Å². The molecule has 0 aromatic heterocycles. The first-order chi connectivity index (χ1) is 10.5. The maximum atomic E-state index is 13.6. The zero-order chi connectivity index (χ0) is 15.7. The SMILES string of the molecule is CN1CCN(C(=O)C2(C(=O)Nc3ccccc3F)CC2)CC1. The van der Waals surface area contributed by atoms with Gasteiger partial charge in [0, 0.05) is 26.2 Å². The van der Waals surface area contributed by atoms with E-state index in [9.17, 15) is 14.0 Å². The lowest BCUT2D eigenvalue weighted by Crippen LogP contribution is -2.51. The molecule has 0 atom stereocenters. The van der Waals surface area contributed by atoms with Crippen LogP contribution in [0.5, 0.6) is 0 Å². The number of nitrogens with zero attached hydrogens (tertiary/aromatic N) is 2. The Bertz CT molecular complexity index is 593. The zero-order valence-corrected chi connectivity index (χ0v) is 12.6. The number of amides is 2. The minimum atomic E-state index is -0.988.